The van der Waals surface area contributed by atoms with Crippen LogP contribution in [0.4, 0.5) is 10.2 Å². The number of likely N-dealkylation sites (tertiary alicyclic amines) is 1. The number of piperazine rings is 1. The molecular weight excluding hydrogens is 601 g/mol. The van der Waals surface area contributed by atoms with Crippen LogP contribution in [-0.2, 0) is 0 Å². The van der Waals surface area contributed by atoms with Gasteiger partial charge in [-0.3, -0.25) is 0 Å². The molecule has 1 aromatic heterocycles. The van der Waals surface area contributed by atoms with E-state index in [1.165, 1.54) is 38.8 Å². The summed E-state index contributed by atoms with van der Waals surface area (Å²) in [6.45, 7) is 7.94. The Morgan fingerprint density at radius 3 is 2.50 bits per heavy atom. The third-order valence-electron chi connectivity index (χ3n) is 12.2. The van der Waals surface area contributed by atoms with Gasteiger partial charge in [-0.2, -0.15) is 9.97 Å². The van der Waals surface area contributed by atoms with E-state index < -0.39 is 5.82 Å². The van der Waals surface area contributed by atoms with Crippen LogP contribution in [0.3, 0.4) is 0 Å². The van der Waals surface area contributed by atoms with Crippen LogP contribution in [-0.4, -0.2) is 71.4 Å². The quantitative estimate of drug-likeness (QED) is 0.212. The van der Waals surface area contributed by atoms with Crippen molar-refractivity contribution >= 4 is 27.5 Å². The number of nitrogens with zero attached hydrogens (tertiary/aromatic N) is 4. The van der Waals surface area contributed by atoms with Gasteiger partial charge in [-0.1, -0.05) is 31.0 Å². The molecule has 248 valence electrons. The van der Waals surface area contributed by atoms with Crippen molar-refractivity contribution in [1.82, 2.24) is 20.2 Å². The summed E-state index contributed by atoms with van der Waals surface area (Å²) in [5, 5.41) is 16.5. The molecule has 7 nitrogen and oxygen atoms in total. The number of phenols is 1. The summed E-state index contributed by atoms with van der Waals surface area (Å²) in [4.78, 5) is 14.7. The van der Waals surface area contributed by atoms with Gasteiger partial charge in [0.05, 0.1) is 6.61 Å². The van der Waals surface area contributed by atoms with Crippen molar-refractivity contribution in [3.8, 4) is 35.2 Å². The highest BCUT2D eigenvalue weighted by Crippen LogP contribution is 2.53. The lowest BCUT2D eigenvalue weighted by atomic mass is 9.58. The highest BCUT2D eigenvalue weighted by Gasteiger charge is 2.48. The minimum Gasteiger partial charge on any atom is -0.508 e. The fourth-order valence-corrected chi connectivity index (χ4v) is 9.58. The number of fused-ring (bicyclic) bond motifs is 4. The highest BCUT2D eigenvalue weighted by molar-refractivity contribution is 6.04. The zero-order chi connectivity index (χ0) is 32.6. The summed E-state index contributed by atoms with van der Waals surface area (Å²) in [5.74, 6) is 3.95. The number of rotatable bonds is 7. The van der Waals surface area contributed by atoms with Crippen LogP contribution < -0.4 is 15.0 Å². The van der Waals surface area contributed by atoms with E-state index in [0.717, 1.165) is 67.8 Å². The number of benzene rings is 3. The van der Waals surface area contributed by atoms with Crippen molar-refractivity contribution in [3.05, 3.63) is 53.8 Å². The number of halogens is 1. The molecule has 8 heteroatoms. The van der Waals surface area contributed by atoms with Crippen molar-refractivity contribution < 1.29 is 14.2 Å². The van der Waals surface area contributed by atoms with Crippen LogP contribution in [0.5, 0.6) is 11.8 Å². The molecule has 5 aliphatic rings. The van der Waals surface area contributed by atoms with Gasteiger partial charge in [-0.15, -0.1) is 6.42 Å². The maximum Gasteiger partial charge on any atom is 0.319 e. The van der Waals surface area contributed by atoms with Crippen molar-refractivity contribution in [3.63, 3.8) is 0 Å². The molecule has 0 radical (unpaired) electrons. The van der Waals surface area contributed by atoms with Crippen LogP contribution in [0.2, 0.25) is 0 Å². The Balaban J connectivity index is 1.05. The summed E-state index contributed by atoms with van der Waals surface area (Å²) in [7, 11) is 0. The van der Waals surface area contributed by atoms with E-state index in [1.807, 2.05) is 24.3 Å². The van der Waals surface area contributed by atoms with Crippen LogP contribution in [0.25, 0.3) is 32.8 Å². The molecule has 2 aliphatic carbocycles. The fraction of sp³-hybridized carbons (Fsp3) is 0.500. The molecule has 4 aromatic rings. The molecule has 5 fully saturated rings. The van der Waals surface area contributed by atoms with E-state index in [9.17, 15) is 5.11 Å². The number of hydrogen-bond acceptors (Lipinski definition) is 7. The largest absolute Gasteiger partial charge is 0.508 e. The molecule has 3 aromatic carbocycles. The normalized spacial score (nSPS) is 24.6. The summed E-state index contributed by atoms with van der Waals surface area (Å²) in [6.07, 6.45) is 15.8. The fourth-order valence-electron chi connectivity index (χ4n) is 9.58. The Labute approximate surface area is 281 Å². The van der Waals surface area contributed by atoms with Gasteiger partial charge in [0, 0.05) is 59.0 Å². The number of aromatic nitrogens is 2. The number of hydrogen-bond donors (Lipinski definition) is 2. The first-order valence-corrected chi connectivity index (χ1v) is 17.9. The molecule has 2 atom stereocenters. The number of phenolic OH excluding ortho intramolecular Hbond substituents is 1. The Hall–Kier alpha value is -3.93. The predicted molar refractivity (Wildman–Crippen MR) is 188 cm³/mol. The van der Waals surface area contributed by atoms with Gasteiger partial charge >= 0.3 is 6.01 Å². The Bertz CT molecular complexity index is 1940. The van der Waals surface area contributed by atoms with Gasteiger partial charge in [0.25, 0.3) is 0 Å². The van der Waals surface area contributed by atoms with Crippen molar-refractivity contribution in [1.29, 1.82) is 0 Å². The van der Waals surface area contributed by atoms with Crippen LogP contribution in [0.1, 0.15) is 63.9 Å². The van der Waals surface area contributed by atoms with Crippen LogP contribution >= 0.6 is 0 Å². The van der Waals surface area contributed by atoms with Crippen LogP contribution in [0.15, 0.2) is 42.5 Å². The van der Waals surface area contributed by atoms with Crippen molar-refractivity contribution in [2.24, 2.45) is 16.7 Å². The molecule has 0 amide bonds. The van der Waals surface area contributed by atoms with E-state index in [0.29, 0.717) is 46.2 Å². The van der Waals surface area contributed by atoms with E-state index >= 15 is 4.39 Å². The van der Waals surface area contributed by atoms with Crippen molar-refractivity contribution in [2.45, 2.75) is 70.4 Å². The molecule has 1 spiro atoms. The molecule has 2 bridgehead atoms. The Morgan fingerprint density at radius 2 is 1.79 bits per heavy atom. The minimum atomic E-state index is -0.466. The van der Waals surface area contributed by atoms with Gasteiger partial charge < -0.3 is 25.0 Å². The second kappa shape index (κ2) is 11.3. The second-order valence-corrected chi connectivity index (χ2v) is 15.8. The maximum atomic E-state index is 16.9. The van der Waals surface area contributed by atoms with E-state index in [4.69, 9.17) is 21.1 Å². The number of nitrogens with one attached hydrogen (secondary N) is 1. The average Bonchev–Trinajstić information content (AvgIpc) is 3.76. The monoisotopic (exact) mass is 645 g/mol. The molecule has 2 N–H and O–H groups in total. The molecule has 3 aliphatic heterocycles. The van der Waals surface area contributed by atoms with E-state index in [2.05, 4.69) is 28.0 Å². The first-order valence-electron chi connectivity index (χ1n) is 17.9. The standard InChI is InChI=1S/C40H44FN5O2/c1-3-26-5-4-6-27-17-30(47)18-33(34(26)27)31-9-10-32-36(35(31)41)43-38(44-37(32)46-21-28-7-8-29(22-46)42-28)48-24-40(11-12-40)23-45-15-13-39(14-16-45)19-25(2)20-39/h1,4-6,9-10,17-18,25,28-29,42,47H,7-8,11-16,19-24H2,2H3. The molecule has 2 saturated carbocycles. The zero-order valence-corrected chi connectivity index (χ0v) is 27.8. The van der Waals surface area contributed by atoms with Crippen molar-refractivity contribution in [2.75, 3.05) is 44.2 Å². The van der Waals surface area contributed by atoms with Gasteiger partial charge in [-0.05, 0) is 111 Å². The van der Waals surface area contributed by atoms with E-state index in [1.54, 1.807) is 18.2 Å². The highest BCUT2D eigenvalue weighted by atomic mass is 19.1. The van der Waals surface area contributed by atoms with Crippen LogP contribution in [0, 0.1) is 34.9 Å². The molecular formula is C40H44FN5O2. The Kier molecular flexibility index (Phi) is 7.11. The zero-order valence-electron chi connectivity index (χ0n) is 27.8. The molecule has 4 heterocycles. The lowest BCUT2D eigenvalue weighted by Crippen LogP contribution is -2.51. The first kappa shape index (κ1) is 30.2. The molecule has 3 saturated heterocycles. The molecule has 2 unspecified atom stereocenters. The topological polar surface area (TPSA) is 73.8 Å². The predicted octanol–water partition coefficient (Wildman–Crippen LogP) is 6.89. The second-order valence-electron chi connectivity index (χ2n) is 15.8. The number of terminal acetylenes is 1. The smallest absolute Gasteiger partial charge is 0.319 e. The van der Waals surface area contributed by atoms with Gasteiger partial charge in [-0.25, -0.2) is 4.39 Å². The van der Waals surface area contributed by atoms with Gasteiger partial charge in [0.2, 0.25) is 0 Å². The number of aromatic hydroxyl groups is 1. The van der Waals surface area contributed by atoms with Gasteiger partial charge in [0.1, 0.15) is 17.1 Å². The Morgan fingerprint density at radius 1 is 1.02 bits per heavy atom. The number of ether oxygens (including phenoxy) is 1. The third-order valence-corrected chi connectivity index (χ3v) is 12.2. The van der Waals surface area contributed by atoms with E-state index in [-0.39, 0.29) is 22.7 Å². The lowest BCUT2D eigenvalue weighted by Gasteiger charge is -2.52. The minimum absolute atomic E-state index is 0.0516. The SMILES string of the molecule is C#Cc1cccc2cc(O)cc(-c3ccc4c(N5CC6CCC(C5)N6)nc(OCC5(CN6CCC7(CC6)CC(C)C7)CC5)nc4c3F)c12. The summed E-state index contributed by atoms with van der Waals surface area (Å²) >= 11 is 0. The first-order chi connectivity index (χ1) is 23.3. The number of anilines is 1. The summed E-state index contributed by atoms with van der Waals surface area (Å²) in [5.41, 5.74) is 2.47. The number of piperidine rings is 1. The lowest BCUT2D eigenvalue weighted by molar-refractivity contribution is -0.0129. The van der Waals surface area contributed by atoms with Gasteiger partial charge in [0.15, 0.2) is 5.82 Å². The molecule has 9 rings (SSSR count). The maximum absolute atomic E-state index is 16.9. The average molecular weight is 646 g/mol. The summed E-state index contributed by atoms with van der Waals surface area (Å²) in [6, 6.07) is 13.5. The molecule has 48 heavy (non-hydrogen) atoms. The summed E-state index contributed by atoms with van der Waals surface area (Å²) < 4.78 is 23.4. The third kappa shape index (κ3) is 5.27.